The second-order valence-corrected chi connectivity index (χ2v) is 5.41. The SMILES string of the molecule is CNC(C(=O)NCC1COc2ccccc2O1)c1cnn(C)c1. The third-order valence-corrected chi connectivity index (χ3v) is 3.68. The second kappa shape index (κ2) is 6.70. The molecule has 1 aliphatic heterocycles. The Morgan fingerprint density at radius 2 is 2.22 bits per heavy atom. The molecular weight excluding hydrogens is 296 g/mol. The number of likely N-dealkylation sites (N-methyl/N-ethyl adjacent to an activating group) is 1. The number of carbonyl (C=O) groups is 1. The monoisotopic (exact) mass is 316 g/mol. The van der Waals surface area contributed by atoms with E-state index in [1.807, 2.05) is 37.5 Å². The molecule has 2 aromatic rings. The first kappa shape index (κ1) is 15.4. The highest BCUT2D eigenvalue weighted by Gasteiger charge is 2.24. The van der Waals surface area contributed by atoms with Gasteiger partial charge in [-0.15, -0.1) is 0 Å². The smallest absolute Gasteiger partial charge is 0.241 e. The molecule has 0 fully saturated rings. The number of aromatic nitrogens is 2. The molecule has 1 aliphatic rings. The number of aryl methyl sites for hydroxylation is 1. The molecule has 0 saturated carbocycles. The summed E-state index contributed by atoms with van der Waals surface area (Å²) in [7, 11) is 3.56. The maximum absolute atomic E-state index is 12.4. The lowest BCUT2D eigenvalue weighted by molar-refractivity contribution is -0.123. The predicted molar refractivity (Wildman–Crippen MR) is 84.4 cm³/mol. The number of hydrogen-bond acceptors (Lipinski definition) is 5. The van der Waals surface area contributed by atoms with Crippen molar-refractivity contribution in [3.8, 4) is 11.5 Å². The number of hydrogen-bond donors (Lipinski definition) is 2. The maximum atomic E-state index is 12.4. The summed E-state index contributed by atoms with van der Waals surface area (Å²) in [6, 6.07) is 7.07. The van der Waals surface area contributed by atoms with E-state index in [9.17, 15) is 4.79 Å². The molecule has 122 valence electrons. The number of amides is 1. The summed E-state index contributed by atoms with van der Waals surface area (Å²) in [4.78, 5) is 12.4. The third kappa shape index (κ3) is 3.45. The summed E-state index contributed by atoms with van der Waals surface area (Å²) in [5, 5.41) is 9.99. The van der Waals surface area contributed by atoms with Crippen LogP contribution in [0.5, 0.6) is 11.5 Å². The van der Waals surface area contributed by atoms with Crippen molar-refractivity contribution in [3.05, 3.63) is 42.2 Å². The quantitative estimate of drug-likeness (QED) is 0.846. The van der Waals surface area contributed by atoms with Gasteiger partial charge in [-0.25, -0.2) is 0 Å². The molecule has 7 heteroatoms. The van der Waals surface area contributed by atoms with Gasteiger partial charge >= 0.3 is 0 Å². The van der Waals surface area contributed by atoms with Gasteiger partial charge in [-0.1, -0.05) is 12.1 Å². The molecule has 2 atom stereocenters. The molecule has 3 rings (SSSR count). The lowest BCUT2D eigenvalue weighted by Crippen LogP contribution is -2.44. The predicted octanol–water partition coefficient (Wildman–Crippen LogP) is 0.637. The molecule has 0 radical (unpaired) electrons. The lowest BCUT2D eigenvalue weighted by Gasteiger charge is -2.27. The second-order valence-electron chi connectivity index (χ2n) is 5.41. The van der Waals surface area contributed by atoms with Crippen molar-refractivity contribution in [2.24, 2.45) is 7.05 Å². The van der Waals surface area contributed by atoms with Crippen molar-refractivity contribution in [1.29, 1.82) is 0 Å². The van der Waals surface area contributed by atoms with Crippen molar-refractivity contribution >= 4 is 5.91 Å². The van der Waals surface area contributed by atoms with Crippen molar-refractivity contribution < 1.29 is 14.3 Å². The summed E-state index contributed by atoms with van der Waals surface area (Å²) in [6.07, 6.45) is 3.29. The fourth-order valence-electron chi connectivity index (χ4n) is 2.52. The van der Waals surface area contributed by atoms with E-state index in [4.69, 9.17) is 9.47 Å². The van der Waals surface area contributed by atoms with Crippen LogP contribution in [0.1, 0.15) is 11.6 Å². The highest BCUT2D eigenvalue weighted by molar-refractivity contribution is 5.83. The zero-order chi connectivity index (χ0) is 16.2. The lowest BCUT2D eigenvalue weighted by atomic mass is 10.1. The molecule has 23 heavy (non-hydrogen) atoms. The van der Waals surface area contributed by atoms with Crippen LogP contribution in [0.4, 0.5) is 0 Å². The van der Waals surface area contributed by atoms with Gasteiger partial charge in [-0.2, -0.15) is 5.10 Å². The summed E-state index contributed by atoms with van der Waals surface area (Å²) in [6.45, 7) is 0.792. The number of nitrogens with one attached hydrogen (secondary N) is 2. The molecular formula is C16H20N4O3. The number of para-hydroxylation sites is 2. The Kier molecular flexibility index (Phi) is 4.47. The Hall–Kier alpha value is -2.54. The number of nitrogens with zero attached hydrogens (tertiary/aromatic N) is 2. The molecule has 0 spiro atoms. The zero-order valence-electron chi connectivity index (χ0n) is 13.2. The fourth-order valence-corrected chi connectivity index (χ4v) is 2.52. The zero-order valence-corrected chi connectivity index (χ0v) is 13.2. The van der Waals surface area contributed by atoms with E-state index < -0.39 is 6.04 Å². The molecule has 1 aromatic heterocycles. The third-order valence-electron chi connectivity index (χ3n) is 3.68. The van der Waals surface area contributed by atoms with Crippen molar-refractivity contribution in [1.82, 2.24) is 20.4 Å². The van der Waals surface area contributed by atoms with E-state index in [0.717, 1.165) is 11.3 Å². The van der Waals surface area contributed by atoms with Gasteiger partial charge in [-0.3, -0.25) is 9.48 Å². The molecule has 2 unspecified atom stereocenters. The van der Waals surface area contributed by atoms with Crippen LogP contribution in [-0.4, -0.2) is 42.0 Å². The average molecular weight is 316 g/mol. The summed E-state index contributed by atoms with van der Waals surface area (Å²) in [5.74, 6) is 1.32. The van der Waals surface area contributed by atoms with Gasteiger partial charge in [0.25, 0.3) is 0 Å². The highest BCUT2D eigenvalue weighted by Crippen LogP contribution is 2.30. The molecule has 1 amide bonds. The summed E-state index contributed by atoms with van der Waals surface area (Å²) < 4.78 is 13.1. The van der Waals surface area contributed by atoms with E-state index in [-0.39, 0.29) is 12.0 Å². The number of carbonyl (C=O) groups excluding carboxylic acids is 1. The van der Waals surface area contributed by atoms with E-state index in [2.05, 4.69) is 15.7 Å². The van der Waals surface area contributed by atoms with Crippen LogP contribution in [0, 0.1) is 0 Å². The molecule has 0 aliphatic carbocycles. The number of benzene rings is 1. The number of ether oxygens (including phenoxy) is 2. The fraction of sp³-hybridized carbons (Fsp3) is 0.375. The van der Waals surface area contributed by atoms with Gasteiger partial charge in [0, 0.05) is 18.8 Å². The standard InChI is InChI=1S/C16H20N4O3/c1-17-15(11-7-19-20(2)9-11)16(21)18-8-12-10-22-13-5-3-4-6-14(13)23-12/h3-7,9,12,15,17H,8,10H2,1-2H3,(H,18,21). The molecule has 2 heterocycles. The Bertz CT molecular complexity index is 685. The first-order chi connectivity index (χ1) is 11.2. The average Bonchev–Trinajstić information content (AvgIpc) is 2.99. The van der Waals surface area contributed by atoms with Gasteiger partial charge in [0.05, 0.1) is 12.7 Å². The van der Waals surface area contributed by atoms with Crippen LogP contribution in [0.2, 0.25) is 0 Å². The van der Waals surface area contributed by atoms with Crippen LogP contribution < -0.4 is 20.1 Å². The van der Waals surface area contributed by atoms with Crippen LogP contribution in [-0.2, 0) is 11.8 Å². The van der Waals surface area contributed by atoms with Gasteiger partial charge in [0.2, 0.25) is 5.91 Å². The molecule has 1 aromatic carbocycles. The topological polar surface area (TPSA) is 77.4 Å². The Balaban J connectivity index is 1.57. The van der Waals surface area contributed by atoms with Gasteiger partial charge < -0.3 is 20.1 Å². The number of fused-ring (bicyclic) bond motifs is 1. The van der Waals surface area contributed by atoms with Gasteiger partial charge in [0.1, 0.15) is 18.8 Å². The minimum atomic E-state index is -0.444. The molecule has 0 saturated heterocycles. The molecule has 0 bridgehead atoms. The van der Waals surface area contributed by atoms with Crippen molar-refractivity contribution in [2.75, 3.05) is 20.2 Å². The van der Waals surface area contributed by atoms with E-state index in [1.165, 1.54) is 0 Å². The van der Waals surface area contributed by atoms with E-state index in [1.54, 1.807) is 17.9 Å². The largest absolute Gasteiger partial charge is 0.486 e. The van der Waals surface area contributed by atoms with Crippen LogP contribution in [0.25, 0.3) is 0 Å². The van der Waals surface area contributed by atoms with Crippen LogP contribution in [0.15, 0.2) is 36.7 Å². The van der Waals surface area contributed by atoms with E-state index in [0.29, 0.717) is 18.9 Å². The van der Waals surface area contributed by atoms with Gasteiger partial charge in [0.15, 0.2) is 11.5 Å². The Morgan fingerprint density at radius 1 is 1.43 bits per heavy atom. The molecule has 7 nitrogen and oxygen atoms in total. The van der Waals surface area contributed by atoms with E-state index >= 15 is 0 Å². The van der Waals surface area contributed by atoms with Crippen molar-refractivity contribution in [2.45, 2.75) is 12.1 Å². The summed E-state index contributed by atoms with van der Waals surface area (Å²) in [5.41, 5.74) is 0.818. The minimum Gasteiger partial charge on any atom is -0.486 e. The maximum Gasteiger partial charge on any atom is 0.241 e. The minimum absolute atomic E-state index is 0.122. The van der Waals surface area contributed by atoms with Crippen LogP contribution in [0.3, 0.4) is 0 Å². The first-order valence-corrected chi connectivity index (χ1v) is 7.49. The van der Waals surface area contributed by atoms with Crippen LogP contribution >= 0.6 is 0 Å². The Morgan fingerprint density at radius 3 is 2.91 bits per heavy atom. The van der Waals surface area contributed by atoms with Crippen molar-refractivity contribution in [3.63, 3.8) is 0 Å². The molecule has 2 N–H and O–H groups in total. The highest BCUT2D eigenvalue weighted by atomic mass is 16.6. The summed E-state index contributed by atoms with van der Waals surface area (Å²) >= 11 is 0. The first-order valence-electron chi connectivity index (χ1n) is 7.49. The van der Waals surface area contributed by atoms with Gasteiger partial charge in [-0.05, 0) is 19.2 Å². The normalized spacial score (nSPS) is 17.6. The Labute approximate surface area is 134 Å². The number of rotatable bonds is 5.